The van der Waals surface area contributed by atoms with Crippen molar-refractivity contribution in [2.75, 3.05) is 13.6 Å². The second-order valence-electron chi connectivity index (χ2n) is 4.88. The number of nitrogens with zero attached hydrogens (tertiary/aromatic N) is 1. The molecule has 17 heavy (non-hydrogen) atoms. The van der Waals surface area contributed by atoms with Crippen molar-refractivity contribution in [1.29, 1.82) is 0 Å². The SMILES string of the molecule is CN1C[C@@](C)(O)C(=O)C[C@@H]1c1ccc(Cl)cc1. The molecule has 1 N–H and O–H groups in total. The Hall–Kier alpha value is -0.900. The van der Waals surface area contributed by atoms with E-state index in [2.05, 4.69) is 0 Å². The maximum Gasteiger partial charge on any atom is 0.167 e. The highest BCUT2D eigenvalue weighted by Crippen LogP contribution is 2.32. The van der Waals surface area contributed by atoms with Gasteiger partial charge in [-0.1, -0.05) is 23.7 Å². The molecule has 2 rings (SSSR count). The summed E-state index contributed by atoms with van der Waals surface area (Å²) >= 11 is 5.84. The molecule has 92 valence electrons. The lowest BCUT2D eigenvalue weighted by Gasteiger charge is -2.39. The van der Waals surface area contributed by atoms with Crippen LogP contribution < -0.4 is 0 Å². The first-order valence-corrected chi connectivity index (χ1v) is 5.99. The maximum atomic E-state index is 11.8. The minimum atomic E-state index is -1.22. The fourth-order valence-electron chi connectivity index (χ4n) is 2.29. The van der Waals surface area contributed by atoms with Gasteiger partial charge in [-0.05, 0) is 31.7 Å². The molecule has 2 atom stereocenters. The average Bonchev–Trinajstić information content (AvgIpc) is 2.24. The Bertz CT molecular complexity index is 428. The first-order chi connectivity index (χ1) is 7.90. The lowest BCUT2D eigenvalue weighted by molar-refractivity contribution is -0.144. The Morgan fingerprint density at radius 3 is 2.59 bits per heavy atom. The number of hydrogen-bond acceptors (Lipinski definition) is 3. The van der Waals surface area contributed by atoms with Crippen LogP contribution in [0.25, 0.3) is 0 Å². The number of likely N-dealkylation sites (N-methyl/N-ethyl adjacent to an activating group) is 1. The van der Waals surface area contributed by atoms with Gasteiger partial charge in [-0.2, -0.15) is 0 Å². The summed E-state index contributed by atoms with van der Waals surface area (Å²) in [5.41, 5.74) is -0.168. The third-order valence-electron chi connectivity index (χ3n) is 3.32. The van der Waals surface area contributed by atoms with E-state index in [1.54, 1.807) is 6.92 Å². The minimum Gasteiger partial charge on any atom is -0.381 e. The van der Waals surface area contributed by atoms with E-state index in [1.807, 2.05) is 36.2 Å². The van der Waals surface area contributed by atoms with E-state index in [-0.39, 0.29) is 11.8 Å². The van der Waals surface area contributed by atoms with Gasteiger partial charge in [0.05, 0.1) is 0 Å². The van der Waals surface area contributed by atoms with E-state index < -0.39 is 5.60 Å². The van der Waals surface area contributed by atoms with E-state index in [0.29, 0.717) is 18.0 Å². The van der Waals surface area contributed by atoms with E-state index in [4.69, 9.17) is 11.6 Å². The van der Waals surface area contributed by atoms with Gasteiger partial charge in [-0.3, -0.25) is 9.69 Å². The van der Waals surface area contributed by atoms with E-state index in [0.717, 1.165) is 5.56 Å². The quantitative estimate of drug-likeness (QED) is 0.833. The summed E-state index contributed by atoms with van der Waals surface area (Å²) in [6, 6.07) is 7.53. The van der Waals surface area contributed by atoms with Crippen LogP contribution in [0.5, 0.6) is 0 Å². The highest BCUT2D eigenvalue weighted by Gasteiger charge is 2.40. The second-order valence-corrected chi connectivity index (χ2v) is 5.32. The molecule has 1 heterocycles. The largest absolute Gasteiger partial charge is 0.381 e. The topological polar surface area (TPSA) is 40.5 Å². The van der Waals surface area contributed by atoms with Gasteiger partial charge in [0.15, 0.2) is 5.78 Å². The number of ketones is 1. The van der Waals surface area contributed by atoms with Crippen LogP contribution >= 0.6 is 11.6 Å². The number of hydrogen-bond donors (Lipinski definition) is 1. The van der Waals surface area contributed by atoms with Crippen LogP contribution in [0.3, 0.4) is 0 Å². The van der Waals surface area contributed by atoms with Crippen LogP contribution in [-0.2, 0) is 4.79 Å². The molecule has 0 spiro atoms. The minimum absolute atomic E-state index is 0.0278. The molecule has 1 saturated heterocycles. The molecule has 0 aromatic heterocycles. The first-order valence-electron chi connectivity index (χ1n) is 5.61. The number of carbonyl (C=O) groups is 1. The van der Waals surface area contributed by atoms with Gasteiger partial charge in [0.2, 0.25) is 0 Å². The summed E-state index contributed by atoms with van der Waals surface area (Å²) in [4.78, 5) is 13.8. The zero-order valence-electron chi connectivity index (χ0n) is 9.98. The van der Waals surface area contributed by atoms with Crippen LogP contribution in [0.2, 0.25) is 5.02 Å². The van der Waals surface area contributed by atoms with Crippen LogP contribution in [-0.4, -0.2) is 35.0 Å². The zero-order valence-corrected chi connectivity index (χ0v) is 10.7. The Labute approximate surface area is 106 Å². The molecule has 3 nitrogen and oxygen atoms in total. The molecule has 4 heteroatoms. The third kappa shape index (κ3) is 2.51. The van der Waals surface area contributed by atoms with Crippen molar-refractivity contribution >= 4 is 17.4 Å². The molecule has 0 amide bonds. The second kappa shape index (κ2) is 4.41. The number of likely N-dealkylation sites (tertiary alicyclic amines) is 1. The molecule has 1 fully saturated rings. The average molecular weight is 254 g/mol. The summed E-state index contributed by atoms with van der Waals surface area (Å²) in [7, 11) is 1.92. The third-order valence-corrected chi connectivity index (χ3v) is 3.58. The number of benzene rings is 1. The molecular formula is C13H16ClNO2. The standard InChI is InChI=1S/C13H16ClNO2/c1-13(17)8-15(2)11(7-12(13)16)9-3-5-10(14)6-4-9/h3-6,11,17H,7-8H2,1-2H3/t11-,13-/m1/s1. The zero-order chi connectivity index (χ0) is 12.6. The Morgan fingerprint density at radius 1 is 1.41 bits per heavy atom. The molecular weight excluding hydrogens is 238 g/mol. The van der Waals surface area contributed by atoms with Gasteiger partial charge in [-0.15, -0.1) is 0 Å². The summed E-state index contributed by atoms with van der Waals surface area (Å²) in [6.45, 7) is 1.93. The molecule has 0 bridgehead atoms. The van der Waals surface area contributed by atoms with Crippen molar-refractivity contribution in [2.24, 2.45) is 0 Å². The smallest absolute Gasteiger partial charge is 0.167 e. The first kappa shape index (κ1) is 12.6. The predicted octanol–water partition coefficient (Wildman–Crippen LogP) is 2.04. The molecule has 1 aliphatic rings. The fraction of sp³-hybridized carbons (Fsp3) is 0.462. The van der Waals surface area contributed by atoms with E-state index in [1.165, 1.54) is 0 Å². The van der Waals surface area contributed by atoms with E-state index in [9.17, 15) is 9.90 Å². The van der Waals surface area contributed by atoms with Crippen molar-refractivity contribution < 1.29 is 9.90 Å². The van der Waals surface area contributed by atoms with Gasteiger partial charge in [-0.25, -0.2) is 0 Å². The number of halogens is 1. The molecule has 1 aliphatic heterocycles. The number of piperidine rings is 1. The van der Waals surface area contributed by atoms with Gasteiger partial charge >= 0.3 is 0 Å². The molecule has 0 unspecified atom stereocenters. The Morgan fingerprint density at radius 2 is 2.00 bits per heavy atom. The maximum absolute atomic E-state index is 11.8. The lowest BCUT2D eigenvalue weighted by Crippen LogP contribution is -2.52. The lowest BCUT2D eigenvalue weighted by atomic mass is 9.86. The fourth-order valence-corrected chi connectivity index (χ4v) is 2.42. The molecule has 1 aromatic carbocycles. The van der Waals surface area contributed by atoms with Crippen LogP contribution in [0.15, 0.2) is 24.3 Å². The summed E-state index contributed by atoms with van der Waals surface area (Å²) in [5, 5.41) is 10.6. The van der Waals surface area contributed by atoms with Gasteiger partial charge < -0.3 is 5.11 Å². The van der Waals surface area contributed by atoms with Crippen LogP contribution in [0, 0.1) is 0 Å². The van der Waals surface area contributed by atoms with Crippen molar-refractivity contribution in [3.05, 3.63) is 34.9 Å². The highest BCUT2D eigenvalue weighted by atomic mass is 35.5. The highest BCUT2D eigenvalue weighted by molar-refractivity contribution is 6.30. The summed E-state index contributed by atoms with van der Waals surface area (Å²) < 4.78 is 0. The summed E-state index contributed by atoms with van der Waals surface area (Å²) in [5.74, 6) is -0.101. The molecule has 1 aromatic rings. The monoisotopic (exact) mass is 253 g/mol. The number of carbonyl (C=O) groups excluding carboxylic acids is 1. The van der Waals surface area contributed by atoms with Gasteiger partial charge in [0.1, 0.15) is 5.60 Å². The van der Waals surface area contributed by atoms with E-state index >= 15 is 0 Å². The number of β-amino-alcohol motifs (C(OH)–C–C–N with tert-alkyl or cyclic N) is 1. The molecule has 0 saturated carbocycles. The molecule has 0 radical (unpaired) electrons. The number of rotatable bonds is 1. The van der Waals surface area contributed by atoms with Crippen molar-refractivity contribution in [3.8, 4) is 0 Å². The van der Waals surface area contributed by atoms with Crippen molar-refractivity contribution in [1.82, 2.24) is 4.90 Å². The number of Topliss-reactive ketones (excluding diaryl/α,β-unsaturated/α-hetero) is 1. The predicted molar refractivity (Wildman–Crippen MR) is 67.1 cm³/mol. The van der Waals surface area contributed by atoms with Crippen molar-refractivity contribution in [2.45, 2.75) is 25.0 Å². The van der Waals surface area contributed by atoms with Crippen molar-refractivity contribution in [3.63, 3.8) is 0 Å². The normalized spacial score (nSPS) is 30.6. The van der Waals surface area contributed by atoms with Crippen LogP contribution in [0.1, 0.15) is 24.9 Å². The Kier molecular flexibility index (Phi) is 3.25. The molecule has 0 aliphatic carbocycles. The Balaban J connectivity index is 2.23. The van der Waals surface area contributed by atoms with Crippen LogP contribution in [0.4, 0.5) is 0 Å². The van der Waals surface area contributed by atoms with Gasteiger partial charge in [0.25, 0.3) is 0 Å². The number of aliphatic hydroxyl groups is 1. The van der Waals surface area contributed by atoms with Gasteiger partial charge in [0, 0.05) is 24.0 Å². The summed E-state index contributed by atoms with van der Waals surface area (Å²) in [6.07, 6.45) is 0.338.